The van der Waals surface area contributed by atoms with E-state index in [1.165, 1.54) is 0 Å². The maximum Gasteiger partial charge on any atom is 0.121 e. The van der Waals surface area contributed by atoms with E-state index < -0.39 is 0 Å². The molecule has 0 aromatic heterocycles. The summed E-state index contributed by atoms with van der Waals surface area (Å²) >= 11 is 11.9. The number of ether oxygens (including phenoxy) is 1. The Balaban J connectivity index is 2.05. The summed E-state index contributed by atoms with van der Waals surface area (Å²) in [7, 11) is 0. The van der Waals surface area contributed by atoms with Gasteiger partial charge in [-0.3, -0.25) is 0 Å². The molecule has 0 spiro atoms. The Bertz CT molecular complexity index is 483. The number of rotatable bonds is 3. The molecule has 0 aliphatic carbocycles. The smallest absolute Gasteiger partial charge is 0.121 e. The van der Waals surface area contributed by atoms with Crippen molar-refractivity contribution in [2.24, 2.45) is 0 Å². The average Bonchev–Trinajstić information content (AvgIpc) is 2.28. The highest BCUT2D eigenvalue weighted by molar-refractivity contribution is 6.31. The third-order valence-electron chi connectivity index (χ3n) is 2.15. The highest BCUT2D eigenvalue weighted by atomic mass is 35.5. The zero-order valence-corrected chi connectivity index (χ0v) is 10.0. The molecule has 0 unspecified atom stereocenters. The molecule has 0 aliphatic rings. The Hall–Kier alpha value is -1.18. The second-order valence-electron chi connectivity index (χ2n) is 3.34. The largest absolute Gasteiger partial charge is 0.489 e. The van der Waals surface area contributed by atoms with Crippen molar-refractivity contribution < 1.29 is 4.74 Å². The van der Waals surface area contributed by atoms with E-state index in [1.807, 2.05) is 42.5 Å². The Kier molecular flexibility index (Phi) is 3.70. The van der Waals surface area contributed by atoms with Gasteiger partial charge in [0, 0.05) is 15.6 Å². The molecule has 0 radical (unpaired) electrons. The van der Waals surface area contributed by atoms with Crippen LogP contribution in [0.4, 0.5) is 0 Å². The van der Waals surface area contributed by atoms with Crippen molar-refractivity contribution >= 4 is 23.2 Å². The van der Waals surface area contributed by atoms with Crippen LogP contribution in [-0.4, -0.2) is 0 Å². The summed E-state index contributed by atoms with van der Waals surface area (Å²) in [5.74, 6) is 0.743. The Morgan fingerprint density at radius 3 is 2.50 bits per heavy atom. The molecule has 2 rings (SSSR count). The van der Waals surface area contributed by atoms with E-state index in [4.69, 9.17) is 27.9 Å². The van der Waals surface area contributed by atoms with Crippen LogP contribution in [0.3, 0.4) is 0 Å². The lowest BCUT2D eigenvalue weighted by Gasteiger charge is -2.07. The fourth-order valence-electron chi connectivity index (χ4n) is 1.33. The van der Waals surface area contributed by atoms with Crippen LogP contribution in [0.2, 0.25) is 10.0 Å². The maximum atomic E-state index is 6.02. The van der Waals surface area contributed by atoms with Gasteiger partial charge < -0.3 is 4.74 Å². The van der Waals surface area contributed by atoms with Gasteiger partial charge in [0.1, 0.15) is 12.4 Å². The summed E-state index contributed by atoms with van der Waals surface area (Å²) in [6.45, 7) is 0.444. The lowest BCUT2D eigenvalue weighted by atomic mass is 10.2. The predicted molar refractivity (Wildman–Crippen MR) is 67.2 cm³/mol. The predicted octanol–water partition coefficient (Wildman–Crippen LogP) is 4.57. The number of hydrogen-bond donors (Lipinski definition) is 0. The highest BCUT2D eigenvalue weighted by Gasteiger charge is 2.00. The normalized spacial score (nSPS) is 10.1. The van der Waals surface area contributed by atoms with Crippen LogP contribution in [0.1, 0.15) is 5.56 Å². The second-order valence-corrected chi connectivity index (χ2v) is 4.18. The van der Waals surface area contributed by atoms with Gasteiger partial charge in [-0.25, -0.2) is 0 Å². The number of halogens is 2. The zero-order chi connectivity index (χ0) is 11.4. The Morgan fingerprint density at radius 2 is 1.75 bits per heavy atom. The molecule has 0 fully saturated rings. The van der Waals surface area contributed by atoms with Crippen LogP contribution >= 0.6 is 23.2 Å². The highest BCUT2D eigenvalue weighted by Crippen LogP contribution is 2.20. The van der Waals surface area contributed by atoms with Crippen LogP contribution < -0.4 is 4.74 Å². The summed E-state index contributed by atoms with van der Waals surface area (Å²) < 4.78 is 5.58. The number of hydrogen-bond acceptors (Lipinski definition) is 1. The van der Waals surface area contributed by atoms with Crippen molar-refractivity contribution in [3.63, 3.8) is 0 Å². The van der Waals surface area contributed by atoms with E-state index in [-0.39, 0.29) is 0 Å². The standard InChI is InChI=1S/C13H10Cl2O/c14-11-5-3-6-12(8-11)16-9-10-4-1-2-7-13(10)15/h1-8H,9H2. The molecule has 2 aromatic carbocycles. The van der Waals surface area contributed by atoms with Crippen molar-refractivity contribution in [1.82, 2.24) is 0 Å². The van der Waals surface area contributed by atoms with Gasteiger partial charge in [-0.15, -0.1) is 0 Å². The second kappa shape index (κ2) is 5.24. The summed E-state index contributed by atoms with van der Waals surface area (Å²) in [4.78, 5) is 0. The Morgan fingerprint density at radius 1 is 0.938 bits per heavy atom. The average molecular weight is 253 g/mol. The van der Waals surface area contributed by atoms with Gasteiger partial charge in [-0.05, 0) is 24.3 Å². The van der Waals surface area contributed by atoms with Gasteiger partial charge in [0.05, 0.1) is 0 Å². The fourth-order valence-corrected chi connectivity index (χ4v) is 1.70. The fraction of sp³-hybridized carbons (Fsp3) is 0.0769. The summed E-state index contributed by atoms with van der Waals surface area (Å²) in [6.07, 6.45) is 0. The van der Waals surface area contributed by atoms with Gasteiger partial charge in [-0.2, -0.15) is 0 Å². The molecular weight excluding hydrogens is 243 g/mol. The van der Waals surface area contributed by atoms with Crippen molar-refractivity contribution in [3.05, 3.63) is 64.1 Å². The zero-order valence-electron chi connectivity index (χ0n) is 8.49. The third-order valence-corrected chi connectivity index (χ3v) is 2.75. The lowest BCUT2D eigenvalue weighted by molar-refractivity contribution is 0.306. The first-order chi connectivity index (χ1) is 7.75. The SMILES string of the molecule is Clc1cccc(OCc2ccccc2Cl)c1. The molecule has 0 atom stereocenters. The van der Waals surface area contributed by atoms with Crippen LogP contribution in [0, 0.1) is 0 Å². The quantitative estimate of drug-likeness (QED) is 0.778. The molecule has 0 saturated heterocycles. The summed E-state index contributed by atoms with van der Waals surface area (Å²) in [6, 6.07) is 14.9. The molecule has 0 bridgehead atoms. The molecule has 1 nitrogen and oxygen atoms in total. The van der Waals surface area contributed by atoms with E-state index in [2.05, 4.69) is 0 Å². The first-order valence-electron chi connectivity index (χ1n) is 4.87. The Labute approximate surface area is 105 Å². The van der Waals surface area contributed by atoms with Crippen LogP contribution in [0.5, 0.6) is 5.75 Å². The van der Waals surface area contributed by atoms with E-state index >= 15 is 0 Å². The van der Waals surface area contributed by atoms with E-state index in [1.54, 1.807) is 6.07 Å². The van der Waals surface area contributed by atoms with Crippen molar-refractivity contribution in [3.8, 4) is 5.75 Å². The van der Waals surface area contributed by atoms with Crippen molar-refractivity contribution in [2.45, 2.75) is 6.61 Å². The van der Waals surface area contributed by atoms with Crippen molar-refractivity contribution in [1.29, 1.82) is 0 Å². The molecule has 0 saturated carbocycles. The topological polar surface area (TPSA) is 9.23 Å². The van der Waals surface area contributed by atoms with Gasteiger partial charge in [0.15, 0.2) is 0 Å². The third kappa shape index (κ3) is 2.91. The lowest BCUT2D eigenvalue weighted by Crippen LogP contribution is -1.95. The number of benzene rings is 2. The van der Waals surface area contributed by atoms with Gasteiger partial charge in [-0.1, -0.05) is 47.5 Å². The van der Waals surface area contributed by atoms with Gasteiger partial charge >= 0.3 is 0 Å². The van der Waals surface area contributed by atoms with E-state index in [0.29, 0.717) is 16.7 Å². The molecule has 16 heavy (non-hydrogen) atoms. The summed E-state index contributed by atoms with van der Waals surface area (Å²) in [5.41, 5.74) is 0.962. The minimum atomic E-state index is 0.444. The van der Waals surface area contributed by atoms with Crippen LogP contribution in [0.25, 0.3) is 0 Å². The first-order valence-corrected chi connectivity index (χ1v) is 5.63. The van der Waals surface area contributed by atoms with E-state index in [0.717, 1.165) is 11.3 Å². The molecule has 82 valence electrons. The molecule has 0 amide bonds. The molecule has 0 N–H and O–H groups in total. The first kappa shape index (κ1) is 11.3. The summed E-state index contributed by atoms with van der Waals surface area (Å²) in [5, 5.41) is 1.38. The van der Waals surface area contributed by atoms with Crippen LogP contribution in [-0.2, 0) is 6.61 Å². The molecule has 2 aromatic rings. The van der Waals surface area contributed by atoms with E-state index in [9.17, 15) is 0 Å². The molecule has 3 heteroatoms. The van der Waals surface area contributed by atoms with Gasteiger partial charge in [0.25, 0.3) is 0 Å². The molecule has 0 aliphatic heterocycles. The van der Waals surface area contributed by atoms with Gasteiger partial charge in [0.2, 0.25) is 0 Å². The molecule has 0 heterocycles. The maximum absolute atomic E-state index is 6.02. The monoisotopic (exact) mass is 252 g/mol. The minimum Gasteiger partial charge on any atom is -0.489 e. The molecular formula is C13H10Cl2O. The van der Waals surface area contributed by atoms with Crippen LogP contribution in [0.15, 0.2) is 48.5 Å². The minimum absolute atomic E-state index is 0.444. The van der Waals surface area contributed by atoms with Crippen molar-refractivity contribution in [2.75, 3.05) is 0 Å².